The molecule has 0 saturated carbocycles. The van der Waals surface area contributed by atoms with Crippen LogP contribution in [0.4, 0.5) is 15.8 Å². The number of carbonyl (C=O) groups excluding carboxylic acids is 1. The van der Waals surface area contributed by atoms with Crippen LogP contribution in [0.3, 0.4) is 0 Å². The predicted molar refractivity (Wildman–Crippen MR) is 113 cm³/mol. The van der Waals surface area contributed by atoms with Gasteiger partial charge in [0.1, 0.15) is 5.82 Å². The van der Waals surface area contributed by atoms with Gasteiger partial charge in [0, 0.05) is 22.5 Å². The zero-order valence-electron chi connectivity index (χ0n) is 15.0. The van der Waals surface area contributed by atoms with Crippen LogP contribution < -0.4 is 10.0 Å². The van der Waals surface area contributed by atoms with Gasteiger partial charge in [-0.25, -0.2) is 12.8 Å². The van der Waals surface area contributed by atoms with E-state index in [0.717, 1.165) is 12.1 Å². The molecule has 0 saturated heterocycles. The Balaban J connectivity index is 1.65. The van der Waals surface area contributed by atoms with Crippen LogP contribution in [0.25, 0.3) is 6.08 Å². The predicted octanol–water partition coefficient (Wildman–Crippen LogP) is 4.93. The molecule has 0 unspecified atom stereocenters. The van der Waals surface area contributed by atoms with Crippen LogP contribution in [-0.4, -0.2) is 14.3 Å². The van der Waals surface area contributed by atoms with E-state index in [1.54, 1.807) is 24.3 Å². The van der Waals surface area contributed by atoms with Crippen molar-refractivity contribution < 1.29 is 17.6 Å². The Labute approximate surface area is 172 Å². The summed E-state index contributed by atoms with van der Waals surface area (Å²) in [4.78, 5) is 12.1. The lowest BCUT2D eigenvalue weighted by molar-refractivity contribution is -0.111. The summed E-state index contributed by atoms with van der Waals surface area (Å²) in [5.41, 5.74) is 1.38. The third-order valence-electron chi connectivity index (χ3n) is 3.85. The zero-order valence-corrected chi connectivity index (χ0v) is 16.5. The zero-order chi connectivity index (χ0) is 20.9. The van der Waals surface area contributed by atoms with Gasteiger partial charge in [-0.3, -0.25) is 9.52 Å². The van der Waals surface area contributed by atoms with E-state index in [-0.39, 0.29) is 16.5 Å². The molecule has 0 aromatic heterocycles. The lowest BCUT2D eigenvalue weighted by Gasteiger charge is -2.09. The van der Waals surface area contributed by atoms with Gasteiger partial charge < -0.3 is 5.32 Å². The average molecular weight is 431 g/mol. The van der Waals surface area contributed by atoms with Gasteiger partial charge in [-0.2, -0.15) is 0 Å². The molecule has 0 aliphatic rings. The number of halogens is 2. The van der Waals surface area contributed by atoms with E-state index < -0.39 is 15.8 Å². The molecule has 0 aliphatic carbocycles. The van der Waals surface area contributed by atoms with E-state index in [9.17, 15) is 17.6 Å². The number of carbonyl (C=O) groups is 1. The van der Waals surface area contributed by atoms with Crippen LogP contribution in [0.5, 0.6) is 0 Å². The van der Waals surface area contributed by atoms with E-state index >= 15 is 0 Å². The van der Waals surface area contributed by atoms with E-state index in [4.69, 9.17) is 11.6 Å². The first-order chi connectivity index (χ1) is 13.8. The van der Waals surface area contributed by atoms with Crippen LogP contribution in [0, 0.1) is 5.82 Å². The smallest absolute Gasteiger partial charge is 0.261 e. The Kier molecular flexibility index (Phi) is 6.31. The molecule has 3 aromatic carbocycles. The van der Waals surface area contributed by atoms with Crippen LogP contribution >= 0.6 is 11.6 Å². The molecule has 1 amide bonds. The van der Waals surface area contributed by atoms with Gasteiger partial charge in [0.2, 0.25) is 5.91 Å². The normalized spacial score (nSPS) is 11.4. The molecule has 2 N–H and O–H groups in total. The quantitative estimate of drug-likeness (QED) is 0.544. The molecule has 0 spiro atoms. The van der Waals surface area contributed by atoms with Crippen molar-refractivity contribution in [3.05, 3.63) is 95.3 Å². The van der Waals surface area contributed by atoms with Crippen LogP contribution in [0.1, 0.15) is 5.56 Å². The molecule has 8 heteroatoms. The second-order valence-corrected chi connectivity index (χ2v) is 8.07. The number of rotatable bonds is 6. The summed E-state index contributed by atoms with van der Waals surface area (Å²) in [5.74, 6) is -0.846. The summed E-state index contributed by atoms with van der Waals surface area (Å²) in [7, 11) is -3.84. The van der Waals surface area contributed by atoms with Crippen molar-refractivity contribution in [1.29, 1.82) is 0 Å². The number of sulfonamides is 1. The monoisotopic (exact) mass is 430 g/mol. The minimum atomic E-state index is -3.84. The minimum Gasteiger partial charge on any atom is -0.323 e. The number of nitrogens with one attached hydrogen (secondary N) is 2. The Morgan fingerprint density at radius 3 is 2.17 bits per heavy atom. The molecule has 0 radical (unpaired) electrons. The Hall–Kier alpha value is -3.16. The first-order valence-electron chi connectivity index (χ1n) is 8.45. The van der Waals surface area contributed by atoms with Crippen molar-refractivity contribution in [1.82, 2.24) is 0 Å². The third kappa shape index (κ3) is 5.66. The van der Waals surface area contributed by atoms with Gasteiger partial charge in [-0.15, -0.1) is 0 Å². The lowest BCUT2D eigenvalue weighted by Crippen LogP contribution is -2.13. The highest BCUT2D eigenvalue weighted by Gasteiger charge is 2.14. The number of amides is 1. The largest absolute Gasteiger partial charge is 0.323 e. The second kappa shape index (κ2) is 8.89. The van der Waals surface area contributed by atoms with Crippen molar-refractivity contribution in [2.45, 2.75) is 4.90 Å². The summed E-state index contributed by atoms with van der Waals surface area (Å²) < 4.78 is 40.1. The molecule has 148 valence electrons. The Morgan fingerprint density at radius 1 is 0.897 bits per heavy atom. The highest BCUT2D eigenvalue weighted by molar-refractivity contribution is 7.92. The number of anilines is 2. The topological polar surface area (TPSA) is 75.3 Å². The van der Waals surface area contributed by atoms with E-state index in [1.165, 1.54) is 42.5 Å². The molecule has 3 rings (SSSR count). The summed E-state index contributed by atoms with van der Waals surface area (Å²) >= 11 is 6.03. The van der Waals surface area contributed by atoms with Crippen molar-refractivity contribution in [2.24, 2.45) is 0 Å². The molecule has 0 aliphatic heterocycles. The van der Waals surface area contributed by atoms with E-state index in [1.807, 2.05) is 6.07 Å². The maximum absolute atomic E-state index is 12.9. The molecular formula is C21H16ClFN2O3S. The average Bonchev–Trinajstić information content (AvgIpc) is 2.69. The Morgan fingerprint density at radius 2 is 1.52 bits per heavy atom. The van der Waals surface area contributed by atoms with Gasteiger partial charge in [0.15, 0.2) is 0 Å². The fourth-order valence-electron chi connectivity index (χ4n) is 2.41. The maximum Gasteiger partial charge on any atom is 0.261 e. The number of hydrogen-bond donors (Lipinski definition) is 2. The first kappa shape index (κ1) is 20.6. The standard InChI is InChI=1S/C21H16ClFN2O3S/c22-20-4-2-1-3-15(20)5-14-21(26)24-17-10-12-19(13-11-17)29(27,28)25-18-8-6-16(23)7-9-18/h1-14,25H,(H,24,26)/b14-5+. The van der Waals surface area contributed by atoms with Gasteiger partial charge in [0.25, 0.3) is 10.0 Å². The number of hydrogen-bond acceptors (Lipinski definition) is 3. The van der Waals surface area contributed by atoms with Gasteiger partial charge in [-0.05, 0) is 66.2 Å². The molecular weight excluding hydrogens is 415 g/mol. The van der Waals surface area contributed by atoms with Gasteiger partial charge in [0.05, 0.1) is 4.90 Å². The molecule has 29 heavy (non-hydrogen) atoms. The highest BCUT2D eigenvalue weighted by Crippen LogP contribution is 2.19. The second-order valence-electron chi connectivity index (χ2n) is 5.98. The Bertz CT molecular complexity index is 1150. The SMILES string of the molecule is O=C(/C=C/c1ccccc1Cl)Nc1ccc(S(=O)(=O)Nc2ccc(F)cc2)cc1. The van der Waals surface area contributed by atoms with Crippen molar-refractivity contribution in [3.63, 3.8) is 0 Å². The van der Waals surface area contributed by atoms with Crippen LogP contribution in [0.15, 0.2) is 83.8 Å². The maximum atomic E-state index is 12.9. The van der Waals surface area contributed by atoms with Crippen molar-refractivity contribution in [2.75, 3.05) is 10.0 Å². The van der Waals surface area contributed by atoms with Crippen LogP contribution in [-0.2, 0) is 14.8 Å². The van der Waals surface area contributed by atoms with Crippen molar-refractivity contribution >= 4 is 45.0 Å². The molecule has 5 nitrogen and oxygen atoms in total. The first-order valence-corrected chi connectivity index (χ1v) is 10.3. The lowest BCUT2D eigenvalue weighted by atomic mass is 10.2. The van der Waals surface area contributed by atoms with Gasteiger partial charge in [-0.1, -0.05) is 29.8 Å². The van der Waals surface area contributed by atoms with Crippen molar-refractivity contribution in [3.8, 4) is 0 Å². The minimum absolute atomic E-state index is 0.00596. The number of benzene rings is 3. The summed E-state index contributed by atoms with van der Waals surface area (Å²) in [6, 6.07) is 17.7. The van der Waals surface area contributed by atoms with E-state index in [0.29, 0.717) is 16.3 Å². The molecule has 0 atom stereocenters. The summed E-state index contributed by atoms with van der Waals surface area (Å²) in [6.45, 7) is 0. The molecule has 0 fully saturated rings. The summed E-state index contributed by atoms with van der Waals surface area (Å²) in [6.07, 6.45) is 2.92. The fourth-order valence-corrected chi connectivity index (χ4v) is 3.67. The third-order valence-corrected chi connectivity index (χ3v) is 5.59. The molecule has 0 bridgehead atoms. The fraction of sp³-hybridized carbons (Fsp3) is 0. The summed E-state index contributed by atoms with van der Waals surface area (Å²) in [5, 5.41) is 3.17. The molecule has 3 aromatic rings. The van der Waals surface area contributed by atoms with E-state index in [2.05, 4.69) is 10.0 Å². The molecule has 0 heterocycles. The van der Waals surface area contributed by atoms with Gasteiger partial charge >= 0.3 is 0 Å². The van der Waals surface area contributed by atoms with Crippen LogP contribution in [0.2, 0.25) is 5.02 Å². The highest BCUT2D eigenvalue weighted by atomic mass is 35.5.